The molecule has 0 unspecified atom stereocenters. The predicted octanol–water partition coefficient (Wildman–Crippen LogP) is 2.22. The minimum Gasteiger partial charge on any atom is -0.355 e. The third-order valence-electron chi connectivity index (χ3n) is 3.27. The molecule has 6 heteroatoms. The number of thioether (sulfide) groups is 1. The van der Waals surface area contributed by atoms with Crippen molar-refractivity contribution in [3.8, 4) is 0 Å². The fraction of sp³-hybridized carbons (Fsp3) is 0.400. The fourth-order valence-electron chi connectivity index (χ4n) is 1.89. The van der Waals surface area contributed by atoms with Gasteiger partial charge in [0.1, 0.15) is 6.33 Å². The highest BCUT2D eigenvalue weighted by molar-refractivity contribution is 8.00. The Bertz CT molecular complexity index is 584. The second-order valence-corrected chi connectivity index (χ2v) is 6.35. The Morgan fingerprint density at radius 2 is 2.05 bits per heavy atom. The third kappa shape index (κ3) is 4.32. The summed E-state index contributed by atoms with van der Waals surface area (Å²) in [5.41, 5.74) is 1.23. The van der Waals surface area contributed by atoms with Crippen molar-refractivity contribution in [1.29, 1.82) is 0 Å². The summed E-state index contributed by atoms with van der Waals surface area (Å²) >= 11 is 1.41. The number of nitrogens with zero attached hydrogens (tertiary/aromatic N) is 3. The van der Waals surface area contributed by atoms with Crippen LogP contribution in [0, 0.1) is 0 Å². The molecule has 0 aliphatic heterocycles. The van der Waals surface area contributed by atoms with Crippen LogP contribution in [0.2, 0.25) is 0 Å². The van der Waals surface area contributed by atoms with Gasteiger partial charge in [0.2, 0.25) is 5.91 Å². The number of carbonyl (C=O) groups is 1. The SMILES string of the molecule is C[C@H](CNC(=O)[C@@H](C)Sc1nncn1C)c1ccccc1. The molecule has 112 valence electrons. The van der Waals surface area contributed by atoms with Gasteiger partial charge in [0.15, 0.2) is 5.16 Å². The second-order valence-electron chi connectivity index (χ2n) is 5.04. The quantitative estimate of drug-likeness (QED) is 0.831. The number of hydrogen-bond donors (Lipinski definition) is 1. The van der Waals surface area contributed by atoms with Crippen LogP contribution < -0.4 is 5.32 Å². The largest absolute Gasteiger partial charge is 0.355 e. The summed E-state index contributed by atoms with van der Waals surface area (Å²) in [5, 5.41) is 11.3. The molecule has 21 heavy (non-hydrogen) atoms. The zero-order valence-electron chi connectivity index (χ0n) is 12.5. The van der Waals surface area contributed by atoms with E-state index in [4.69, 9.17) is 0 Å². The van der Waals surface area contributed by atoms with E-state index in [1.54, 1.807) is 10.9 Å². The zero-order chi connectivity index (χ0) is 15.2. The molecule has 0 radical (unpaired) electrons. The summed E-state index contributed by atoms with van der Waals surface area (Å²) in [5.74, 6) is 0.313. The van der Waals surface area contributed by atoms with Gasteiger partial charge in [0.25, 0.3) is 0 Å². The number of aromatic nitrogens is 3. The van der Waals surface area contributed by atoms with E-state index in [0.29, 0.717) is 12.5 Å². The van der Waals surface area contributed by atoms with Gasteiger partial charge in [-0.2, -0.15) is 0 Å². The van der Waals surface area contributed by atoms with Crippen LogP contribution in [0.25, 0.3) is 0 Å². The van der Waals surface area contributed by atoms with Crippen LogP contribution in [0.3, 0.4) is 0 Å². The minimum absolute atomic E-state index is 0.0192. The van der Waals surface area contributed by atoms with Crippen LogP contribution in [0.1, 0.15) is 25.3 Å². The fourth-order valence-corrected chi connectivity index (χ4v) is 2.70. The molecule has 0 saturated heterocycles. The molecule has 0 aliphatic carbocycles. The highest BCUT2D eigenvalue weighted by Crippen LogP contribution is 2.20. The first-order valence-electron chi connectivity index (χ1n) is 6.91. The Morgan fingerprint density at radius 3 is 2.67 bits per heavy atom. The van der Waals surface area contributed by atoms with Crippen molar-refractivity contribution in [1.82, 2.24) is 20.1 Å². The molecular formula is C15H20N4OS. The monoisotopic (exact) mass is 304 g/mol. The lowest BCUT2D eigenvalue weighted by Crippen LogP contribution is -2.33. The Hall–Kier alpha value is -1.82. The van der Waals surface area contributed by atoms with Gasteiger partial charge < -0.3 is 9.88 Å². The van der Waals surface area contributed by atoms with E-state index in [-0.39, 0.29) is 11.2 Å². The molecule has 0 bridgehead atoms. The molecule has 1 heterocycles. The molecule has 2 rings (SSSR count). The maximum Gasteiger partial charge on any atom is 0.233 e. The maximum absolute atomic E-state index is 12.1. The normalized spacial score (nSPS) is 13.7. The van der Waals surface area contributed by atoms with Crippen LogP contribution in [0.15, 0.2) is 41.8 Å². The second kappa shape index (κ2) is 7.26. The predicted molar refractivity (Wildman–Crippen MR) is 84.2 cm³/mol. The van der Waals surface area contributed by atoms with Gasteiger partial charge in [-0.25, -0.2) is 0 Å². The number of rotatable bonds is 6. The highest BCUT2D eigenvalue weighted by Gasteiger charge is 2.17. The van der Waals surface area contributed by atoms with Crippen LogP contribution in [0.5, 0.6) is 0 Å². The lowest BCUT2D eigenvalue weighted by Gasteiger charge is -2.15. The van der Waals surface area contributed by atoms with Gasteiger partial charge in [-0.15, -0.1) is 10.2 Å². The molecule has 2 atom stereocenters. The van der Waals surface area contributed by atoms with E-state index < -0.39 is 0 Å². The molecule has 0 aliphatic rings. The molecule has 0 fully saturated rings. The van der Waals surface area contributed by atoms with Crippen molar-refractivity contribution in [2.75, 3.05) is 6.54 Å². The molecule has 2 aromatic rings. The van der Waals surface area contributed by atoms with E-state index >= 15 is 0 Å². The Labute approximate surface area is 129 Å². The first-order valence-corrected chi connectivity index (χ1v) is 7.79. The number of benzene rings is 1. The van der Waals surface area contributed by atoms with Crippen LogP contribution in [0.4, 0.5) is 0 Å². The molecule has 0 saturated carbocycles. The topological polar surface area (TPSA) is 59.8 Å². The van der Waals surface area contributed by atoms with E-state index in [9.17, 15) is 4.79 Å². The van der Waals surface area contributed by atoms with Crippen LogP contribution in [-0.4, -0.2) is 32.5 Å². The summed E-state index contributed by atoms with van der Waals surface area (Å²) in [6.07, 6.45) is 1.63. The summed E-state index contributed by atoms with van der Waals surface area (Å²) < 4.78 is 1.81. The van der Waals surface area contributed by atoms with Crippen LogP contribution in [-0.2, 0) is 11.8 Å². The first-order chi connectivity index (χ1) is 10.1. The molecule has 1 aromatic heterocycles. The van der Waals surface area contributed by atoms with Crippen molar-refractivity contribution in [3.63, 3.8) is 0 Å². The van der Waals surface area contributed by atoms with Gasteiger partial charge in [0.05, 0.1) is 5.25 Å². The Balaban J connectivity index is 1.83. The maximum atomic E-state index is 12.1. The summed E-state index contributed by atoms with van der Waals surface area (Å²) in [4.78, 5) is 12.1. The van der Waals surface area contributed by atoms with E-state index in [1.807, 2.05) is 32.2 Å². The summed E-state index contributed by atoms with van der Waals surface area (Å²) in [6.45, 7) is 4.62. The van der Waals surface area contributed by atoms with E-state index in [2.05, 4.69) is 34.6 Å². The first kappa shape index (κ1) is 15.6. The lowest BCUT2D eigenvalue weighted by atomic mass is 10.0. The van der Waals surface area contributed by atoms with Gasteiger partial charge >= 0.3 is 0 Å². The minimum atomic E-state index is -0.198. The molecular weight excluding hydrogens is 284 g/mol. The number of hydrogen-bond acceptors (Lipinski definition) is 4. The summed E-state index contributed by atoms with van der Waals surface area (Å²) in [7, 11) is 1.87. The molecule has 0 spiro atoms. The van der Waals surface area contributed by atoms with Crippen molar-refractivity contribution < 1.29 is 4.79 Å². The van der Waals surface area contributed by atoms with Gasteiger partial charge in [-0.1, -0.05) is 49.0 Å². The zero-order valence-corrected chi connectivity index (χ0v) is 13.3. The van der Waals surface area contributed by atoms with Gasteiger partial charge in [0, 0.05) is 13.6 Å². The van der Waals surface area contributed by atoms with Crippen molar-refractivity contribution in [2.45, 2.75) is 30.2 Å². The standard InChI is InChI=1S/C15H20N4OS/c1-11(13-7-5-4-6-8-13)9-16-14(20)12(2)21-15-18-17-10-19(15)3/h4-8,10-12H,9H2,1-3H3,(H,16,20)/t11-,12-/m1/s1. The van der Waals surface area contributed by atoms with Gasteiger partial charge in [-0.3, -0.25) is 4.79 Å². The molecule has 5 nitrogen and oxygen atoms in total. The van der Waals surface area contributed by atoms with Crippen molar-refractivity contribution >= 4 is 17.7 Å². The number of amides is 1. The number of aryl methyl sites for hydroxylation is 1. The average Bonchev–Trinajstić information content (AvgIpc) is 2.90. The molecule has 1 aromatic carbocycles. The number of nitrogens with one attached hydrogen (secondary N) is 1. The van der Waals surface area contributed by atoms with Gasteiger partial charge in [-0.05, 0) is 18.4 Å². The van der Waals surface area contributed by atoms with Crippen molar-refractivity contribution in [2.24, 2.45) is 7.05 Å². The molecule has 1 N–H and O–H groups in total. The van der Waals surface area contributed by atoms with Crippen LogP contribution >= 0.6 is 11.8 Å². The highest BCUT2D eigenvalue weighted by atomic mass is 32.2. The average molecular weight is 304 g/mol. The molecule has 1 amide bonds. The Kier molecular flexibility index (Phi) is 5.38. The summed E-state index contributed by atoms with van der Waals surface area (Å²) in [6, 6.07) is 10.2. The van der Waals surface area contributed by atoms with E-state index in [1.165, 1.54) is 17.3 Å². The number of carbonyl (C=O) groups excluding carboxylic acids is 1. The van der Waals surface area contributed by atoms with E-state index in [0.717, 1.165) is 5.16 Å². The lowest BCUT2D eigenvalue weighted by molar-refractivity contribution is -0.120. The smallest absolute Gasteiger partial charge is 0.233 e. The third-order valence-corrected chi connectivity index (χ3v) is 4.42. The van der Waals surface area contributed by atoms with Crippen molar-refractivity contribution in [3.05, 3.63) is 42.2 Å². The Morgan fingerprint density at radius 1 is 1.33 bits per heavy atom.